The predicted molar refractivity (Wildman–Crippen MR) is 81.9 cm³/mol. The smallest absolute Gasteiger partial charge is 0.0809 e. The number of ether oxygens (including phenoxy) is 1. The van der Waals surface area contributed by atoms with E-state index in [1.165, 1.54) is 14.6 Å². The van der Waals surface area contributed by atoms with Gasteiger partial charge in [0, 0.05) is 27.6 Å². The molecule has 0 amide bonds. The van der Waals surface area contributed by atoms with Gasteiger partial charge in [-0.05, 0) is 25.6 Å². The average molecular weight is 296 g/mol. The van der Waals surface area contributed by atoms with E-state index in [0.29, 0.717) is 6.61 Å². The first-order valence-corrected chi connectivity index (χ1v) is 8.24. The number of aryl methyl sites for hydroxylation is 1. The summed E-state index contributed by atoms with van der Waals surface area (Å²) in [5.41, 5.74) is 3.04. The van der Waals surface area contributed by atoms with Crippen LogP contribution in [-0.2, 0) is 24.3 Å². The molecule has 2 aromatic rings. The van der Waals surface area contributed by atoms with Gasteiger partial charge < -0.3 is 10.1 Å². The van der Waals surface area contributed by atoms with Crippen LogP contribution in [0.25, 0.3) is 0 Å². The van der Waals surface area contributed by atoms with E-state index < -0.39 is 0 Å². The summed E-state index contributed by atoms with van der Waals surface area (Å²) in [5.74, 6) is 0. The molecule has 0 bridgehead atoms. The maximum atomic E-state index is 5.73. The monoisotopic (exact) mass is 296 g/mol. The third-order valence-corrected chi connectivity index (χ3v) is 4.88. The maximum absolute atomic E-state index is 5.73. The first-order valence-electron chi connectivity index (χ1n) is 6.54. The zero-order valence-corrected chi connectivity index (χ0v) is 13.1. The Hall–Kier alpha value is -0.750. The Morgan fingerprint density at radius 2 is 2.16 bits per heavy atom. The lowest BCUT2D eigenvalue weighted by molar-refractivity contribution is 0.126. The van der Waals surface area contributed by atoms with Crippen LogP contribution >= 0.6 is 22.7 Å². The van der Waals surface area contributed by atoms with Gasteiger partial charge in [0.15, 0.2) is 0 Å². The van der Waals surface area contributed by atoms with E-state index in [1.54, 1.807) is 11.3 Å². The predicted octanol–water partition coefficient (Wildman–Crippen LogP) is 3.38. The van der Waals surface area contributed by atoms with Gasteiger partial charge in [0.2, 0.25) is 0 Å². The van der Waals surface area contributed by atoms with Gasteiger partial charge in [-0.2, -0.15) is 0 Å². The zero-order chi connectivity index (χ0) is 13.5. The van der Waals surface area contributed by atoms with E-state index in [9.17, 15) is 0 Å². The van der Waals surface area contributed by atoms with E-state index in [1.807, 2.05) is 16.8 Å². The molecule has 0 atom stereocenters. The molecule has 0 aliphatic rings. The van der Waals surface area contributed by atoms with Gasteiger partial charge in [-0.25, -0.2) is 4.98 Å². The maximum Gasteiger partial charge on any atom is 0.0809 e. The molecule has 0 aromatic carbocycles. The number of aromatic nitrogens is 1. The molecule has 1 N–H and O–H groups in total. The molecule has 0 fully saturated rings. The lowest BCUT2D eigenvalue weighted by Crippen LogP contribution is -2.10. The average Bonchev–Trinajstić information content (AvgIpc) is 3.02. The normalized spacial score (nSPS) is 11.1. The Kier molecular flexibility index (Phi) is 5.97. The van der Waals surface area contributed by atoms with E-state index in [0.717, 1.165) is 31.8 Å². The molecule has 2 heterocycles. The third kappa shape index (κ3) is 4.69. The summed E-state index contributed by atoms with van der Waals surface area (Å²) in [6.07, 6.45) is 0.964. The Bertz CT molecular complexity index is 493. The topological polar surface area (TPSA) is 34.1 Å². The van der Waals surface area contributed by atoms with Crippen molar-refractivity contribution in [3.8, 4) is 0 Å². The minimum Gasteiger partial charge on any atom is -0.376 e. The highest BCUT2D eigenvalue weighted by Gasteiger charge is 2.03. The molecule has 2 rings (SSSR count). The summed E-state index contributed by atoms with van der Waals surface area (Å²) in [7, 11) is 0. The molecule has 19 heavy (non-hydrogen) atoms. The number of nitrogens with one attached hydrogen (secondary N) is 1. The van der Waals surface area contributed by atoms with E-state index >= 15 is 0 Å². The molecular weight excluding hydrogens is 276 g/mol. The summed E-state index contributed by atoms with van der Waals surface area (Å²) in [6.45, 7) is 7.63. The minimum atomic E-state index is 0.717. The highest BCUT2D eigenvalue weighted by Crippen LogP contribution is 2.18. The molecule has 0 radical (unpaired) electrons. The molecule has 0 spiro atoms. The van der Waals surface area contributed by atoms with Crippen LogP contribution in [0.15, 0.2) is 17.6 Å². The second-order valence-corrected chi connectivity index (χ2v) is 6.50. The van der Waals surface area contributed by atoms with Crippen molar-refractivity contribution in [2.45, 2.75) is 33.4 Å². The molecule has 0 saturated heterocycles. The first-order chi connectivity index (χ1) is 9.29. The summed E-state index contributed by atoms with van der Waals surface area (Å²) < 4.78 is 5.73. The fraction of sp³-hybridized carbons (Fsp3) is 0.500. The SMILES string of the molecule is CCNCc1ccc(COCCc2scnc2C)s1. The molecule has 3 nitrogen and oxygen atoms in total. The van der Waals surface area contributed by atoms with E-state index in [4.69, 9.17) is 4.74 Å². The van der Waals surface area contributed by atoms with Gasteiger partial charge in [-0.15, -0.1) is 22.7 Å². The number of nitrogens with zero attached hydrogens (tertiary/aromatic N) is 1. The number of hydrogen-bond donors (Lipinski definition) is 1. The molecule has 0 saturated carbocycles. The summed E-state index contributed by atoms with van der Waals surface area (Å²) >= 11 is 3.54. The fourth-order valence-corrected chi connectivity index (χ4v) is 3.43. The van der Waals surface area contributed by atoms with Gasteiger partial charge in [-0.3, -0.25) is 0 Å². The number of hydrogen-bond acceptors (Lipinski definition) is 5. The van der Waals surface area contributed by atoms with Crippen LogP contribution in [0, 0.1) is 6.92 Å². The molecule has 2 aromatic heterocycles. The Morgan fingerprint density at radius 3 is 2.89 bits per heavy atom. The Morgan fingerprint density at radius 1 is 1.32 bits per heavy atom. The van der Waals surface area contributed by atoms with Crippen molar-refractivity contribution in [3.05, 3.63) is 38.0 Å². The van der Waals surface area contributed by atoms with Crippen LogP contribution in [0.2, 0.25) is 0 Å². The van der Waals surface area contributed by atoms with Gasteiger partial charge >= 0.3 is 0 Å². The van der Waals surface area contributed by atoms with Crippen molar-refractivity contribution in [2.75, 3.05) is 13.2 Å². The van der Waals surface area contributed by atoms with Crippen molar-refractivity contribution in [2.24, 2.45) is 0 Å². The largest absolute Gasteiger partial charge is 0.376 e. The van der Waals surface area contributed by atoms with Crippen LogP contribution < -0.4 is 5.32 Å². The quantitative estimate of drug-likeness (QED) is 0.758. The summed E-state index contributed by atoms with van der Waals surface area (Å²) in [6, 6.07) is 4.34. The second-order valence-electron chi connectivity index (χ2n) is 4.31. The van der Waals surface area contributed by atoms with E-state index in [2.05, 4.69) is 36.3 Å². The van der Waals surface area contributed by atoms with Crippen LogP contribution in [-0.4, -0.2) is 18.1 Å². The van der Waals surface area contributed by atoms with Gasteiger partial charge in [0.1, 0.15) is 0 Å². The zero-order valence-electron chi connectivity index (χ0n) is 11.4. The fourth-order valence-electron chi connectivity index (χ4n) is 1.75. The number of thiazole rings is 1. The lowest BCUT2D eigenvalue weighted by atomic mass is 10.3. The van der Waals surface area contributed by atoms with Crippen molar-refractivity contribution in [1.29, 1.82) is 0 Å². The number of thiophene rings is 1. The molecule has 104 valence electrons. The lowest BCUT2D eigenvalue weighted by Gasteiger charge is -2.02. The Balaban J connectivity index is 1.68. The van der Waals surface area contributed by atoms with Crippen LogP contribution in [0.3, 0.4) is 0 Å². The first kappa shape index (κ1) is 14.7. The molecule has 0 aliphatic carbocycles. The van der Waals surface area contributed by atoms with Crippen LogP contribution in [0.5, 0.6) is 0 Å². The minimum absolute atomic E-state index is 0.717. The second kappa shape index (κ2) is 7.75. The van der Waals surface area contributed by atoms with Crippen molar-refractivity contribution in [3.63, 3.8) is 0 Å². The van der Waals surface area contributed by atoms with Crippen LogP contribution in [0.4, 0.5) is 0 Å². The molecular formula is C14H20N2OS2. The Labute approximate surface area is 122 Å². The van der Waals surface area contributed by atoms with Crippen molar-refractivity contribution in [1.82, 2.24) is 10.3 Å². The van der Waals surface area contributed by atoms with Crippen LogP contribution in [0.1, 0.15) is 27.2 Å². The van der Waals surface area contributed by atoms with Gasteiger partial charge in [0.25, 0.3) is 0 Å². The van der Waals surface area contributed by atoms with Crippen molar-refractivity contribution < 1.29 is 4.74 Å². The summed E-state index contributed by atoms with van der Waals surface area (Å²) in [5, 5.41) is 3.33. The third-order valence-electron chi connectivity index (χ3n) is 2.83. The van der Waals surface area contributed by atoms with Gasteiger partial charge in [0.05, 0.1) is 24.4 Å². The summed E-state index contributed by atoms with van der Waals surface area (Å²) in [4.78, 5) is 8.25. The standard InChI is InChI=1S/C14H20N2OS2/c1-3-15-8-12-4-5-13(19-12)9-17-7-6-14-11(2)16-10-18-14/h4-5,10,15H,3,6-9H2,1-2H3. The highest BCUT2D eigenvalue weighted by molar-refractivity contribution is 7.12. The van der Waals surface area contributed by atoms with Gasteiger partial charge in [-0.1, -0.05) is 6.92 Å². The van der Waals surface area contributed by atoms with Crippen molar-refractivity contribution >= 4 is 22.7 Å². The number of rotatable bonds is 8. The highest BCUT2D eigenvalue weighted by atomic mass is 32.1. The molecule has 0 unspecified atom stereocenters. The molecule has 5 heteroatoms. The van der Waals surface area contributed by atoms with E-state index in [-0.39, 0.29) is 0 Å². The molecule has 0 aliphatic heterocycles.